The molecule has 2 aromatic heterocycles. The first kappa shape index (κ1) is 14.5. The minimum absolute atomic E-state index is 0.235. The zero-order valence-electron chi connectivity index (χ0n) is 14.1. The number of para-hydroxylation sites is 1. The van der Waals surface area contributed by atoms with Gasteiger partial charge in [-0.25, -0.2) is 0 Å². The van der Waals surface area contributed by atoms with E-state index in [9.17, 15) is 0 Å². The Kier molecular flexibility index (Phi) is 3.26. The second-order valence-electron chi connectivity index (χ2n) is 6.43. The lowest BCUT2D eigenvalue weighted by atomic mass is 10.0. The number of ether oxygens (including phenoxy) is 2. The van der Waals surface area contributed by atoms with Gasteiger partial charge in [0.1, 0.15) is 19.0 Å². The van der Waals surface area contributed by atoms with Crippen LogP contribution in [-0.4, -0.2) is 39.6 Å². The summed E-state index contributed by atoms with van der Waals surface area (Å²) in [6, 6.07) is 10.4. The van der Waals surface area contributed by atoms with E-state index in [1.807, 2.05) is 31.2 Å². The molecule has 25 heavy (non-hydrogen) atoms. The van der Waals surface area contributed by atoms with Crippen molar-refractivity contribution in [3.05, 3.63) is 41.7 Å². The van der Waals surface area contributed by atoms with Gasteiger partial charge in [-0.15, -0.1) is 15.3 Å². The first-order valence-electron chi connectivity index (χ1n) is 8.65. The van der Waals surface area contributed by atoms with Gasteiger partial charge >= 0.3 is 0 Å². The molecule has 3 aromatic rings. The van der Waals surface area contributed by atoms with Crippen molar-refractivity contribution >= 4 is 11.5 Å². The van der Waals surface area contributed by atoms with Crippen molar-refractivity contribution in [3.8, 4) is 11.5 Å². The Hall–Kier alpha value is -2.83. The first-order valence-corrected chi connectivity index (χ1v) is 8.65. The van der Waals surface area contributed by atoms with Crippen LogP contribution in [0.1, 0.15) is 30.3 Å². The van der Waals surface area contributed by atoms with Gasteiger partial charge in [-0.1, -0.05) is 12.1 Å². The van der Waals surface area contributed by atoms with Gasteiger partial charge in [0.25, 0.3) is 0 Å². The summed E-state index contributed by atoms with van der Waals surface area (Å²) in [6.45, 7) is 4.09. The molecule has 2 aliphatic heterocycles. The van der Waals surface area contributed by atoms with Crippen LogP contribution >= 0.6 is 0 Å². The Morgan fingerprint density at radius 3 is 2.96 bits per heavy atom. The van der Waals surface area contributed by atoms with Gasteiger partial charge in [0.05, 0.1) is 6.04 Å². The van der Waals surface area contributed by atoms with E-state index < -0.39 is 0 Å². The molecule has 7 nitrogen and oxygen atoms in total. The maximum atomic E-state index is 5.93. The van der Waals surface area contributed by atoms with Gasteiger partial charge in [-0.2, -0.15) is 4.52 Å². The molecule has 5 rings (SSSR count). The molecule has 2 aliphatic rings. The van der Waals surface area contributed by atoms with E-state index in [-0.39, 0.29) is 6.04 Å². The summed E-state index contributed by atoms with van der Waals surface area (Å²) < 4.78 is 13.5. The Morgan fingerprint density at radius 1 is 1.08 bits per heavy atom. The molecule has 0 amide bonds. The van der Waals surface area contributed by atoms with Gasteiger partial charge < -0.3 is 14.4 Å². The molecular formula is C18H19N5O2. The fraction of sp³-hybridized carbons (Fsp3) is 0.389. The first-order chi connectivity index (χ1) is 12.3. The highest BCUT2D eigenvalue weighted by Crippen LogP contribution is 2.43. The molecule has 0 saturated carbocycles. The number of aryl methyl sites for hydroxylation is 1. The van der Waals surface area contributed by atoms with Crippen LogP contribution in [0.2, 0.25) is 0 Å². The zero-order chi connectivity index (χ0) is 16.8. The largest absolute Gasteiger partial charge is 0.486 e. The molecule has 0 spiro atoms. The molecule has 1 unspecified atom stereocenters. The molecule has 1 aromatic carbocycles. The van der Waals surface area contributed by atoms with Crippen molar-refractivity contribution in [1.29, 1.82) is 0 Å². The summed E-state index contributed by atoms with van der Waals surface area (Å²) in [5.74, 6) is 3.45. The fourth-order valence-electron chi connectivity index (χ4n) is 3.76. The van der Waals surface area contributed by atoms with Gasteiger partial charge in [-0.05, 0) is 38.0 Å². The summed E-state index contributed by atoms with van der Waals surface area (Å²) >= 11 is 0. The van der Waals surface area contributed by atoms with Crippen LogP contribution in [-0.2, 0) is 0 Å². The highest BCUT2D eigenvalue weighted by molar-refractivity contribution is 5.54. The number of aromatic nitrogens is 4. The van der Waals surface area contributed by atoms with Crippen LogP contribution < -0.4 is 14.4 Å². The predicted octanol–water partition coefficient (Wildman–Crippen LogP) is 2.55. The summed E-state index contributed by atoms with van der Waals surface area (Å²) in [7, 11) is 0. The van der Waals surface area contributed by atoms with Crippen LogP contribution in [0.15, 0.2) is 30.3 Å². The third-order valence-corrected chi connectivity index (χ3v) is 4.91. The molecule has 0 aliphatic carbocycles. The minimum atomic E-state index is 0.235. The monoisotopic (exact) mass is 337 g/mol. The lowest BCUT2D eigenvalue weighted by Gasteiger charge is -2.29. The molecule has 1 fully saturated rings. The summed E-state index contributed by atoms with van der Waals surface area (Å²) in [5.41, 5.74) is 1.95. The standard InChI is InChI=1S/C18H19N5O2/c1-12-19-20-16-7-8-17(21-23(12)16)22-9-3-5-14(22)13-4-2-6-15-18(13)25-11-10-24-15/h2,4,6-8,14H,3,5,9-11H2,1H3. The van der Waals surface area contributed by atoms with E-state index >= 15 is 0 Å². The highest BCUT2D eigenvalue weighted by atomic mass is 16.6. The summed E-state index contributed by atoms with van der Waals surface area (Å²) in [5, 5.41) is 13.0. The number of anilines is 1. The van der Waals surface area contributed by atoms with Crippen molar-refractivity contribution in [3.63, 3.8) is 0 Å². The van der Waals surface area contributed by atoms with Gasteiger partial charge in [0, 0.05) is 12.1 Å². The summed E-state index contributed by atoms with van der Waals surface area (Å²) in [6.07, 6.45) is 2.19. The highest BCUT2D eigenvalue weighted by Gasteiger charge is 2.31. The van der Waals surface area contributed by atoms with Crippen molar-refractivity contribution < 1.29 is 9.47 Å². The Labute approximate surface area is 145 Å². The SMILES string of the molecule is Cc1nnc2ccc(N3CCCC3c3cccc4c3OCCO4)nn12. The summed E-state index contributed by atoms with van der Waals surface area (Å²) in [4.78, 5) is 2.34. The number of rotatable bonds is 2. The third kappa shape index (κ3) is 2.30. The molecule has 4 heterocycles. The van der Waals surface area contributed by atoms with E-state index in [2.05, 4.69) is 21.2 Å². The Morgan fingerprint density at radius 2 is 2.00 bits per heavy atom. The van der Waals surface area contributed by atoms with Crippen LogP contribution in [0, 0.1) is 6.92 Å². The van der Waals surface area contributed by atoms with Crippen LogP contribution in [0.25, 0.3) is 5.65 Å². The molecule has 0 bridgehead atoms. The van der Waals surface area contributed by atoms with E-state index in [1.165, 1.54) is 5.56 Å². The van der Waals surface area contributed by atoms with E-state index in [0.717, 1.165) is 48.2 Å². The molecule has 1 atom stereocenters. The minimum Gasteiger partial charge on any atom is -0.486 e. The molecule has 0 N–H and O–H groups in total. The molecule has 0 radical (unpaired) electrons. The number of hydrogen-bond donors (Lipinski definition) is 0. The topological polar surface area (TPSA) is 64.8 Å². The maximum absolute atomic E-state index is 5.93. The van der Waals surface area contributed by atoms with Gasteiger partial charge in [0.15, 0.2) is 23.0 Å². The van der Waals surface area contributed by atoms with Crippen molar-refractivity contribution in [2.24, 2.45) is 0 Å². The van der Waals surface area contributed by atoms with Gasteiger partial charge in [-0.3, -0.25) is 0 Å². The third-order valence-electron chi connectivity index (χ3n) is 4.91. The smallest absolute Gasteiger partial charge is 0.178 e. The van der Waals surface area contributed by atoms with Gasteiger partial charge in [0.2, 0.25) is 0 Å². The normalized spacial score (nSPS) is 19.6. The Bertz CT molecular complexity index is 938. The van der Waals surface area contributed by atoms with Crippen LogP contribution in [0.4, 0.5) is 5.82 Å². The number of nitrogens with zero attached hydrogens (tertiary/aromatic N) is 5. The van der Waals surface area contributed by atoms with E-state index in [0.29, 0.717) is 13.2 Å². The van der Waals surface area contributed by atoms with Crippen LogP contribution in [0.3, 0.4) is 0 Å². The van der Waals surface area contributed by atoms with Crippen LogP contribution in [0.5, 0.6) is 11.5 Å². The van der Waals surface area contributed by atoms with Crippen molar-refractivity contribution in [1.82, 2.24) is 19.8 Å². The average Bonchev–Trinajstić information content (AvgIpc) is 3.28. The quantitative estimate of drug-likeness (QED) is 0.716. The second kappa shape index (κ2) is 5.61. The average molecular weight is 337 g/mol. The number of fused-ring (bicyclic) bond motifs is 2. The second-order valence-corrected chi connectivity index (χ2v) is 6.43. The van der Waals surface area contributed by atoms with Crippen molar-refractivity contribution in [2.45, 2.75) is 25.8 Å². The molecular weight excluding hydrogens is 318 g/mol. The maximum Gasteiger partial charge on any atom is 0.178 e. The van der Waals surface area contributed by atoms with E-state index in [1.54, 1.807) is 4.52 Å². The van der Waals surface area contributed by atoms with Crippen molar-refractivity contribution in [2.75, 3.05) is 24.7 Å². The lowest BCUT2D eigenvalue weighted by molar-refractivity contribution is 0.169. The lowest BCUT2D eigenvalue weighted by Crippen LogP contribution is -2.26. The molecule has 7 heteroatoms. The number of hydrogen-bond acceptors (Lipinski definition) is 6. The molecule has 128 valence electrons. The molecule has 1 saturated heterocycles. The van der Waals surface area contributed by atoms with E-state index in [4.69, 9.17) is 14.6 Å². The number of benzene rings is 1. The predicted molar refractivity (Wildman–Crippen MR) is 92.3 cm³/mol. The Balaban J connectivity index is 1.56. The zero-order valence-corrected chi connectivity index (χ0v) is 14.1. The fourth-order valence-corrected chi connectivity index (χ4v) is 3.76.